The molecule has 1 N–H and O–H groups in total. The quantitative estimate of drug-likeness (QED) is 0.694. The number of non-ortho nitro benzene ring substituents is 1. The SMILES string of the molecule is N#C[C@H]1Cc2ccccc2C[C@@H]1NC(=O)c1ccc([N+](=O)[O-])cc1. The van der Waals surface area contributed by atoms with Crippen LogP contribution in [-0.2, 0) is 12.8 Å². The zero-order valence-electron chi connectivity index (χ0n) is 12.8. The Hall–Kier alpha value is -3.20. The Morgan fingerprint density at radius 2 is 1.75 bits per heavy atom. The molecule has 2 atom stereocenters. The van der Waals surface area contributed by atoms with Gasteiger partial charge in [0.2, 0.25) is 0 Å². The van der Waals surface area contributed by atoms with E-state index < -0.39 is 4.92 Å². The number of rotatable bonds is 3. The van der Waals surface area contributed by atoms with Crippen LogP contribution in [0.4, 0.5) is 5.69 Å². The molecule has 6 heteroatoms. The predicted molar refractivity (Wildman–Crippen MR) is 87.3 cm³/mol. The van der Waals surface area contributed by atoms with Crippen LogP contribution in [0.5, 0.6) is 0 Å². The first-order valence-electron chi connectivity index (χ1n) is 7.60. The van der Waals surface area contributed by atoms with Crippen molar-refractivity contribution in [2.75, 3.05) is 0 Å². The summed E-state index contributed by atoms with van der Waals surface area (Å²) in [6, 6.07) is 15.4. The Kier molecular flexibility index (Phi) is 4.25. The maximum absolute atomic E-state index is 12.4. The normalized spacial score (nSPS) is 19.0. The average molecular weight is 321 g/mol. The molecule has 24 heavy (non-hydrogen) atoms. The van der Waals surface area contributed by atoms with E-state index in [1.165, 1.54) is 24.3 Å². The minimum atomic E-state index is -0.508. The molecule has 2 aromatic rings. The lowest BCUT2D eigenvalue weighted by molar-refractivity contribution is -0.384. The van der Waals surface area contributed by atoms with Crippen molar-refractivity contribution in [1.82, 2.24) is 5.32 Å². The molecule has 0 unspecified atom stereocenters. The molecule has 0 aliphatic heterocycles. The van der Waals surface area contributed by atoms with Gasteiger partial charge >= 0.3 is 0 Å². The van der Waals surface area contributed by atoms with Gasteiger partial charge in [0.05, 0.1) is 16.9 Å². The lowest BCUT2D eigenvalue weighted by Gasteiger charge is -2.29. The molecule has 0 spiro atoms. The summed E-state index contributed by atoms with van der Waals surface area (Å²) in [5.41, 5.74) is 2.56. The van der Waals surface area contributed by atoms with Crippen LogP contribution in [0.2, 0.25) is 0 Å². The number of amides is 1. The molecule has 120 valence electrons. The van der Waals surface area contributed by atoms with Crippen LogP contribution in [-0.4, -0.2) is 16.9 Å². The lowest BCUT2D eigenvalue weighted by atomic mass is 9.81. The van der Waals surface area contributed by atoms with Gasteiger partial charge in [0, 0.05) is 23.7 Å². The topological polar surface area (TPSA) is 96.0 Å². The van der Waals surface area contributed by atoms with Crippen molar-refractivity contribution >= 4 is 11.6 Å². The van der Waals surface area contributed by atoms with Crippen molar-refractivity contribution in [3.8, 4) is 6.07 Å². The number of nitro benzene ring substituents is 1. The van der Waals surface area contributed by atoms with Crippen molar-refractivity contribution in [2.45, 2.75) is 18.9 Å². The van der Waals surface area contributed by atoms with Crippen molar-refractivity contribution in [2.24, 2.45) is 5.92 Å². The molecular weight excluding hydrogens is 306 g/mol. The molecule has 0 bridgehead atoms. The highest BCUT2D eigenvalue weighted by atomic mass is 16.6. The van der Waals surface area contributed by atoms with E-state index in [0.717, 1.165) is 11.1 Å². The Morgan fingerprint density at radius 1 is 1.12 bits per heavy atom. The highest BCUT2D eigenvalue weighted by molar-refractivity contribution is 5.94. The second-order valence-electron chi connectivity index (χ2n) is 5.80. The lowest BCUT2D eigenvalue weighted by Crippen LogP contribution is -2.44. The second kappa shape index (κ2) is 6.50. The molecule has 0 saturated heterocycles. The minimum absolute atomic E-state index is 0.0620. The Bertz CT molecular complexity index is 824. The van der Waals surface area contributed by atoms with Gasteiger partial charge in [0.15, 0.2) is 0 Å². The number of benzene rings is 2. The molecule has 0 heterocycles. The van der Waals surface area contributed by atoms with Crippen LogP contribution in [0.3, 0.4) is 0 Å². The Morgan fingerprint density at radius 3 is 2.33 bits per heavy atom. The summed E-state index contributed by atoms with van der Waals surface area (Å²) in [5, 5.41) is 23.0. The maximum Gasteiger partial charge on any atom is 0.269 e. The van der Waals surface area contributed by atoms with Gasteiger partial charge in [-0.25, -0.2) is 0 Å². The zero-order valence-corrected chi connectivity index (χ0v) is 12.8. The molecule has 0 fully saturated rings. The first-order valence-corrected chi connectivity index (χ1v) is 7.60. The first-order chi connectivity index (χ1) is 11.6. The number of nitriles is 1. The molecule has 0 radical (unpaired) electrons. The number of nitrogens with zero attached hydrogens (tertiary/aromatic N) is 2. The van der Waals surface area contributed by atoms with Crippen LogP contribution < -0.4 is 5.32 Å². The number of hydrogen-bond donors (Lipinski definition) is 1. The smallest absolute Gasteiger partial charge is 0.269 e. The first kappa shape index (κ1) is 15.7. The van der Waals surface area contributed by atoms with E-state index in [1.807, 2.05) is 24.3 Å². The van der Waals surface area contributed by atoms with E-state index in [0.29, 0.717) is 18.4 Å². The zero-order chi connectivity index (χ0) is 17.1. The van der Waals surface area contributed by atoms with E-state index in [-0.39, 0.29) is 23.6 Å². The summed E-state index contributed by atoms with van der Waals surface area (Å²) < 4.78 is 0. The molecule has 3 rings (SSSR count). The number of nitrogens with one attached hydrogen (secondary N) is 1. The Balaban J connectivity index is 1.76. The molecule has 1 amide bonds. The van der Waals surface area contributed by atoms with Gasteiger partial charge in [-0.2, -0.15) is 5.26 Å². The van der Waals surface area contributed by atoms with Gasteiger partial charge in [0.1, 0.15) is 0 Å². The fourth-order valence-electron chi connectivity index (χ4n) is 2.99. The highest BCUT2D eigenvalue weighted by Gasteiger charge is 2.29. The molecule has 2 aromatic carbocycles. The summed E-state index contributed by atoms with van der Waals surface area (Å²) in [4.78, 5) is 22.5. The average Bonchev–Trinajstić information content (AvgIpc) is 2.61. The highest BCUT2D eigenvalue weighted by Crippen LogP contribution is 2.25. The van der Waals surface area contributed by atoms with Crippen LogP contribution >= 0.6 is 0 Å². The molecule has 0 aromatic heterocycles. The number of hydrogen-bond acceptors (Lipinski definition) is 4. The fourth-order valence-corrected chi connectivity index (χ4v) is 2.99. The third-order valence-electron chi connectivity index (χ3n) is 4.31. The second-order valence-corrected chi connectivity index (χ2v) is 5.80. The molecular formula is C18H15N3O3. The maximum atomic E-state index is 12.4. The largest absolute Gasteiger partial charge is 0.348 e. The molecule has 6 nitrogen and oxygen atoms in total. The standard InChI is InChI=1S/C18H15N3O3/c19-11-15-9-13-3-1-2-4-14(13)10-17(15)20-18(22)12-5-7-16(8-6-12)21(23)24/h1-8,15,17H,9-10H2,(H,20,22)/t15-,17+/m1/s1. The van der Waals surface area contributed by atoms with Gasteiger partial charge in [-0.05, 0) is 36.1 Å². The van der Waals surface area contributed by atoms with Gasteiger partial charge in [-0.3, -0.25) is 14.9 Å². The minimum Gasteiger partial charge on any atom is -0.348 e. The third-order valence-corrected chi connectivity index (χ3v) is 4.31. The van der Waals surface area contributed by atoms with Crippen LogP contribution in [0, 0.1) is 27.4 Å². The fraction of sp³-hybridized carbons (Fsp3) is 0.222. The summed E-state index contributed by atoms with van der Waals surface area (Å²) >= 11 is 0. The van der Waals surface area contributed by atoms with Gasteiger partial charge in [-0.15, -0.1) is 0 Å². The van der Waals surface area contributed by atoms with Crippen molar-refractivity contribution in [3.05, 3.63) is 75.3 Å². The van der Waals surface area contributed by atoms with Crippen molar-refractivity contribution in [3.63, 3.8) is 0 Å². The summed E-state index contributed by atoms with van der Waals surface area (Å²) in [5.74, 6) is -0.614. The van der Waals surface area contributed by atoms with E-state index in [4.69, 9.17) is 0 Å². The number of nitro groups is 1. The van der Waals surface area contributed by atoms with E-state index in [2.05, 4.69) is 11.4 Å². The van der Waals surface area contributed by atoms with Crippen LogP contribution in [0.15, 0.2) is 48.5 Å². The third kappa shape index (κ3) is 3.10. The molecule has 0 saturated carbocycles. The van der Waals surface area contributed by atoms with E-state index in [1.54, 1.807) is 0 Å². The number of carbonyl (C=O) groups excluding carboxylic acids is 1. The molecule has 1 aliphatic rings. The van der Waals surface area contributed by atoms with Gasteiger partial charge in [0.25, 0.3) is 11.6 Å². The van der Waals surface area contributed by atoms with Gasteiger partial charge in [-0.1, -0.05) is 24.3 Å². The summed E-state index contributed by atoms with van der Waals surface area (Å²) in [6.07, 6.45) is 1.21. The van der Waals surface area contributed by atoms with Gasteiger partial charge < -0.3 is 5.32 Å². The van der Waals surface area contributed by atoms with E-state index >= 15 is 0 Å². The van der Waals surface area contributed by atoms with Crippen LogP contribution in [0.25, 0.3) is 0 Å². The van der Waals surface area contributed by atoms with Crippen molar-refractivity contribution in [1.29, 1.82) is 5.26 Å². The summed E-state index contributed by atoms with van der Waals surface area (Å²) in [6.45, 7) is 0. The predicted octanol–water partition coefficient (Wildman–Crippen LogP) is 2.63. The Labute approximate surface area is 138 Å². The summed E-state index contributed by atoms with van der Waals surface area (Å²) in [7, 11) is 0. The number of fused-ring (bicyclic) bond motifs is 1. The van der Waals surface area contributed by atoms with E-state index in [9.17, 15) is 20.2 Å². The monoisotopic (exact) mass is 321 g/mol. The number of carbonyl (C=O) groups is 1. The van der Waals surface area contributed by atoms with Crippen LogP contribution in [0.1, 0.15) is 21.5 Å². The molecule has 1 aliphatic carbocycles. The van der Waals surface area contributed by atoms with Crippen molar-refractivity contribution < 1.29 is 9.72 Å².